The molecule has 0 aliphatic carbocycles. The van der Waals surface area contributed by atoms with Crippen molar-refractivity contribution in [2.24, 2.45) is 0 Å². The average molecular weight is 298 g/mol. The molecular weight excluding hydrogens is 284 g/mol. The average Bonchev–Trinajstić information content (AvgIpc) is 2.70. The van der Waals surface area contributed by atoms with Crippen LogP contribution in [-0.2, 0) is 4.74 Å². The Morgan fingerprint density at radius 2 is 2.20 bits per heavy atom. The summed E-state index contributed by atoms with van der Waals surface area (Å²) in [5.74, 6) is 5.38. The van der Waals surface area contributed by atoms with Crippen LogP contribution in [0.2, 0.25) is 0 Å². The molecule has 1 aliphatic rings. The van der Waals surface area contributed by atoms with Gasteiger partial charge < -0.3 is 20.1 Å². The van der Waals surface area contributed by atoms with Gasteiger partial charge in [0.05, 0.1) is 12.2 Å². The van der Waals surface area contributed by atoms with Crippen LogP contribution >= 0.6 is 12.2 Å². The lowest BCUT2D eigenvalue weighted by molar-refractivity contribution is -0.0550. The van der Waals surface area contributed by atoms with E-state index >= 15 is 0 Å². The Kier molecular flexibility index (Phi) is 4.37. The highest BCUT2D eigenvalue weighted by molar-refractivity contribution is 7.71. The van der Waals surface area contributed by atoms with Crippen molar-refractivity contribution in [3.63, 3.8) is 0 Å². The van der Waals surface area contributed by atoms with Crippen LogP contribution in [0.25, 0.3) is 0 Å². The zero-order valence-electron chi connectivity index (χ0n) is 10.6. The van der Waals surface area contributed by atoms with Crippen LogP contribution in [-0.4, -0.2) is 49.8 Å². The van der Waals surface area contributed by atoms with E-state index in [4.69, 9.17) is 22.1 Å². The Balaban J connectivity index is 2.47. The summed E-state index contributed by atoms with van der Waals surface area (Å²) in [6.45, 7) is 1.16. The fourth-order valence-electron chi connectivity index (χ4n) is 2.01. The van der Waals surface area contributed by atoms with E-state index in [-0.39, 0.29) is 4.64 Å². The van der Waals surface area contributed by atoms with Crippen molar-refractivity contribution in [2.75, 3.05) is 6.61 Å². The lowest BCUT2D eigenvalue weighted by Crippen LogP contribution is -2.36. The number of nitrogens with one attached hydrogen (secondary N) is 1. The second kappa shape index (κ2) is 5.87. The van der Waals surface area contributed by atoms with Crippen molar-refractivity contribution in [1.29, 1.82) is 0 Å². The van der Waals surface area contributed by atoms with Gasteiger partial charge in [-0.3, -0.25) is 9.55 Å². The molecule has 0 aromatic carbocycles. The van der Waals surface area contributed by atoms with Gasteiger partial charge in [-0.15, -0.1) is 5.92 Å². The highest BCUT2D eigenvalue weighted by Gasteiger charge is 2.43. The first-order chi connectivity index (χ1) is 9.49. The van der Waals surface area contributed by atoms with E-state index in [2.05, 4.69) is 16.8 Å². The largest absolute Gasteiger partial charge is 0.394 e. The molecular formula is C12H14N2O5S. The number of nitrogens with zero attached hydrogens (tertiary/aromatic N) is 1. The van der Waals surface area contributed by atoms with Crippen LogP contribution in [0.3, 0.4) is 0 Å². The number of hydrogen-bond acceptors (Lipinski definition) is 6. The number of aliphatic hydroxyl groups is 3. The minimum absolute atomic E-state index is 0.187. The summed E-state index contributed by atoms with van der Waals surface area (Å²) < 4.78 is 6.54. The lowest BCUT2D eigenvalue weighted by Gasteiger charge is -2.17. The molecule has 0 saturated carbocycles. The van der Waals surface area contributed by atoms with E-state index in [0.717, 1.165) is 4.57 Å². The summed E-state index contributed by atoms with van der Waals surface area (Å²) in [6.07, 6.45) is -3.32. The normalized spacial score (nSPS) is 29.0. The highest BCUT2D eigenvalue weighted by Crippen LogP contribution is 2.28. The molecule has 4 atom stereocenters. The van der Waals surface area contributed by atoms with Crippen LogP contribution in [0.5, 0.6) is 0 Å². The Bertz CT molecular complexity index is 671. The Hall–Kier alpha value is -1.50. The summed E-state index contributed by atoms with van der Waals surface area (Å²) in [5, 5.41) is 28.6. The van der Waals surface area contributed by atoms with Crippen LogP contribution in [0, 0.1) is 16.5 Å². The van der Waals surface area contributed by atoms with Gasteiger partial charge >= 0.3 is 5.69 Å². The summed E-state index contributed by atoms with van der Waals surface area (Å²) in [4.78, 5) is 14.3. The summed E-state index contributed by atoms with van der Waals surface area (Å²) in [5.41, 5.74) is -0.189. The first-order valence-electron chi connectivity index (χ1n) is 5.90. The van der Waals surface area contributed by atoms with E-state index < -0.39 is 36.8 Å². The van der Waals surface area contributed by atoms with Crippen molar-refractivity contribution in [3.8, 4) is 11.8 Å². The lowest BCUT2D eigenvalue weighted by atomic mass is 10.1. The second-order valence-corrected chi connectivity index (χ2v) is 4.72. The van der Waals surface area contributed by atoms with Gasteiger partial charge in [0.15, 0.2) is 6.23 Å². The predicted octanol–water partition coefficient (Wildman–Crippen LogP) is -1.11. The van der Waals surface area contributed by atoms with Crippen molar-refractivity contribution in [2.45, 2.75) is 31.5 Å². The van der Waals surface area contributed by atoms with E-state index in [1.165, 1.54) is 6.20 Å². The first-order valence-corrected chi connectivity index (χ1v) is 6.31. The van der Waals surface area contributed by atoms with Gasteiger partial charge in [0.25, 0.3) is 0 Å². The van der Waals surface area contributed by atoms with Gasteiger partial charge in [-0.25, -0.2) is 4.79 Å². The van der Waals surface area contributed by atoms with Crippen molar-refractivity contribution in [1.82, 2.24) is 9.55 Å². The van der Waals surface area contributed by atoms with Gasteiger partial charge in [0.1, 0.15) is 23.0 Å². The number of ether oxygens (including phenoxy) is 1. The molecule has 1 saturated heterocycles. The van der Waals surface area contributed by atoms with Crippen LogP contribution < -0.4 is 5.69 Å². The molecule has 1 aromatic rings. The monoisotopic (exact) mass is 298 g/mol. The van der Waals surface area contributed by atoms with E-state index in [1.54, 1.807) is 6.92 Å². The van der Waals surface area contributed by atoms with Gasteiger partial charge in [0, 0.05) is 6.20 Å². The molecule has 0 spiro atoms. The van der Waals surface area contributed by atoms with Gasteiger partial charge in [-0.2, -0.15) is 0 Å². The molecule has 0 bridgehead atoms. The Morgan fingerprint density at radius 3 is 2.75 bits per heavy atom. The maximum absolute atomic E-state index is 11.9. The number of hydrogen-bond donors (Lipinski definition) is 4. The molecule has 0 unspecified atom stereocenters. The molecule has 1 aromatic heterocycles. The maximum Gasteiger partial charge on any atom is 0.328 e. The number of aliphatic hydroxyl groups excluding tert-OH is 3. The number of rotatable bonds is 2. The molecule has 4 N–H and O–H groups in total. The third kappa shape index (κ3) is 2.54. The Labute approximate surface area is 119 Å². The molecule has 0 amide bonds. The molecule has 8 heteroatoms. The SMILES string of the molecule is CC#Cc1cn([C@@H]2O[C@H](CO)[C@@H](O)[C@H]2O)c(=O)[nH]c1=S. The van der Waals surface area contributed by atoms with Gasteiger partial charge in [0.2, 0.25) is 0 Å². The highest BCUT2D eigenvalue weighted by atomic mass is 32.1. The number of H-pyrrole nitrogens is 1. The van der Waals surface area contributed by atoms with Crippen molar-refractivity contribution in [3.05, 3.63) is 26.9 Å². The zero-order valence-corrected chi connectivity index (χ0v) is 11.4. The number of aromatic nitrogens is 2. The molecule has 2 rings (SSSR count). The first kappa shape index (κ1) is 14.9. The zero-order chi connectivity index (χ0) is 14.9. The predicted molar refractivity (Wildman–Crippen MR) is 71.4 cm³/mol. The van der Waals surface area contributed by atoms with E-state index in [9.17, 15) is 15.0 Å². The maximum atomic E-state index is 11.9. The number of aromatic amines is 1. The van der Waals surface area contributed by atoms with Crippen LogP contribution in [0.4, 0.5) is 0 Å². The molecule has 0 radical (unpaired) electrons. The fourth-order valence-corrected chi connectivity index (χ4v) is 2.20. The van der Waals surface area contributed by atoms with Gasteiger partial charge in [-0.05, 0) is 6.92 Å². The van der Waals surface area contributed by atoms with Gasteiger partial charge in [-0.1, -0.05) is 18.1 Å². The van der Waals surface area contributed by atoms with Crippen molar-refractivity contribution < 1.29 is 20.1 Å². The minimum atomic E-state index is -1.34. The molecule has 1 aliphatic heterocycles. The molecule has 2 heterocycles. The molecule has 1 fully saturated rings. The second-order valence-electron chi connectivity index (χ2n) is 4.31. The molecule has 7 nitrogen and oxygen atoms in total. The van der Waals surface area contributed by atoms with Crippen LogP contribution in [0.15, 0.2) is 11.0 Å². The third-order valence-electron chi connectivity index (χ3n) is 3.02. The smallest absolute Gasteiger partial charge is 0.328 e. The quantitative estimate of drug-likeness (QED) is 0.407. The standard InChI is InChI=1S/C12H14N2O5S/c1-2-3-6-4-14(12(18)13-10(6)20)11-9(17)8(16)7(5-15)19-11/h4,7-9,11,15-17H,5H2,1H3,(H,13,18,20)/t7-,8-,9-,11-/m1/s1. The summed E-state index contributed by atoms with van der Waals surface area (Å²) >= 11 is 4.97. The topological polar surface area (TPSA) is 108 Å². The third-order valence-corrected chi connectivity index (χ3v) is 3.34. The Morgan fingerprint density at radius 1 is 1.50 bits per heavy atom. The fraction of sp³-hybridized carbons (Fsp3) is 0.500. The molecule has 108 valence electrons. The van der Waals surface area contributed by atoms with Crippen LogP contribution in [0.1, 0.15) is 18.7 Å². The minimum Gasteiger partial charge on any atom is -0.394 e. The van der Waals surface area contributed by atoms with E-state index in [0.29, 0.717) is 5.56 Å². The van der Waals surface area contributed by atoms with E-state index in [1.807, 2.05) is 0 Å². The summed E-state index contributed by atoms with van der Waals surface area (Å²) in [6, 6.07) is 0. The molecule has 20 heavy (non-hydrogen) atoms. The van der Waals surface area contributed by atoms with Crippen molar-refractivity contribution >= 4 is 12.2 Å². The summed E-state index contributed by atoms with van der Waals surface area (Å²) in [7, 11) is 0.